The van der Waals surface area contributed by atoms with Gasteiger partial charge in [0, 0.05) is 17.0 Å². The molecule has 2 heterocycles. The highest BCUT2D eigenvalue weighted by Crippen LogP contribution is 2.64. The third-order valence-corrected chi connectivity index (χ3v) is 5.08. The van der Waals surface area contributed by atoms with Gasteiger partial charge in [-0.3, -0.25) is 4.98 Å². The smallest absolute Gasteiger partial charge is 0.253 e. The van der Waals surface area contributed by atoms with Gasteiger partial charge in [-0.1, -0.05) is 0 Å². The van der Waals surface area contributed by atoms with Crippen LogP contribution in [0.4, 0.5) is 0 Å². The first-order valence-corrected chi connectivity index (χ1v) is 7.72. The first-order chi connectivity index (χ1) is 10.3. The van der Waals surface area contributed by atoms with Gasteiger partial charge in [0.05, 0.1) is 6.20 Å². The standard InChI is InChI=1S/C16H17N3O2/c1-2-11(1)13-4-3-12(8-17-13)20-9-14-18-19-15(21-14)16-5-10(6-16)7-16/h3-4,8,10-11H,1-2,5-7,9H2. The molecule has 0 unspecified atom stereocenters. The molecule has 108 valence electrons. The fourth-order valence-electron chi connectivity index (χ4n) is 3.51. The molecule has 4 aliphatic rings. The Labute approximate surface area is 122 Å². The summed E-state index contributed by atoms with van der Waals surface area (Å²) in [5.74, 6) is 3.70. The molecule has 5 nitrogen and oxygen atoms in total. The van der Waals surface area contributed by atoms with E-state index >= 15 is 0 Å². The molecule has 21 heavy (non-hydrogen) atoms. The molecule has 5 heteroatoms. The highest BCUT2D eigenvalue weighted by Gasteiger charge is 2.60. The predicted molar refractivity (Wildman–Crippen MR) is 73.9 cm³/mol. The highest BCUT2D eigenvalue weighted by atomic mass is 16.5. The topological polar surface area (TPSA) is 61.0 Å². The molecular weight excluding hydrogens is 266 g/mol. The summed E-state index contributed by atoms with van der Waals surface area (Å²) in [5, 5.41) is 8.29. The molecule has 0 N–H and O–H groups in total. The van der Waals surface area contributed by atoms with Crippen molar-refractivity contribution < 1.29 is 9.15 Å². The SMILES string of the molecule is c1cc(C2CC2)ncc1OCc1nnc(C23CC(C2)C3)o1. The monoisotopic (exact) mass is 283 g/mol. The molecule has 0 saturated heterocycles. The van der Waals surface area contributed by atoms with Crippen LogP contribution < -0.4 is 4.74 Å². The van der Waals surface area contributed by atoms with Gasteiger partial charge in [-0.05, 0) is 50.2 Å². The molecule has 0 spiro atoms. The van der Waals surface area contributed by atoms with E-state index in [-0.39, 0.29) is 5.41 Å². The summed E-state index contributed by atoms with van der Waals surface area (Å²) in [6.07, 6.45) is 7.99. The average molecular weight is 283 g/mol. The van der Waals surface area contributed by atoms with Crippen LogP contribution in [0.5, 0.6) is 5.75 Å². The van der Waals surface area contributed by atoms with Gasteiger partial charge >= 0.3 is 0 Å². The predicted octanol–water partition coefficient (Wildman–Crippen LogP) is 2.97. The summed E-state index contributed by atoms with van der Waals surface area (Å²) in [7, 11) is 0. The van der Waals surface area contributed by atoms with Crippen LogP contribution in [0.3, 0.4) is 0 Å². The van der Waals surface area contributed by atoms with Gasteiger partial charge < -0.3 is 9.15 Å². The van der Waals surface area contributed by atoms with Crippen LogP contribution in [-0.2, 0) is 12.0 Å². The Morgan fingerprint density at radius 3 is 2.67 bits per heavy atom. The van der Waals surface area contributed by atoms with Crippen molar-refractivity contribution in [1.29, 1.82) is 0 Å². The lowest BCUT2D eigenvalue weighted by Crippen LogP contribution is -2.55. The van der Waals surface area contributed by atoms with Gasteiger partial charge in [0.2, 0.25) is 5.89 Å². The van der Waals surface area contributed by atoms with Crippen molar-refractivity contribution in [2.24, 2.45) is 5.92 Å². The summed E-state index contributed by atoms with van der Waals surface area (Å²) < 4.78 is 11.4. The normalized spacial score (nSPS) is 29.6. The Bertz CT molecular complexity index is 658. The van der Waals surface area contributed by atoms with Gasteiger partial charge in [-0.25, -0.2) is 0 Å². The molecule has 4 aliphatic carbocycles. The third-order valence-electron chi connectivity index (χ3n) is 5.08. The van der Waals surface area contributed by atoms with E-state index in [1.54, 1.807) is 6.20 Å². The van der Waals surface area contributed by atoms with E-state index in [2.05, 4.69) is 15.2 Å². The minimum absolute atomic E-state index is 0.226. The molecule has 0 aromatic carbocycles. The summed E-state index contributed by atoms with van der Waals surface area (Å²) in [6.45, 7) is 0.316. The maximum Gasteiger partial charge on any atom is 0.253 e. The maximum absolute atomic E-state index is 5.75. The van der Waals surface area contributed by atoms with E-state index in [9.17, 15) is 0 Å². The van der Waals surface area contributed by atoms with E-state index < -0.39 is 0 Å². The fourth-order valence-corrected chi connectivity index (χ4v) is 3.51. The van der Waals surface area contributed by atoms with Crippen LogP contribution in [0.2, 0.25) is 0 Å². The largest absolute Gasteiger partial charge is 0.482 e. The number of rotatable bonds is 5. The van der Waals surface area contributed by atoms with Gasteiger partial charge in [0.25, 0.3) is 5.89 Å². The first-order valence-electron chi connectivity index (χ1n) is 7.72. The number of ether oxygens (including phenoxy) is 1. The Hall–Kier alpha value is -1.91. The van der Waals surface area contributed by atoms with Crippen LogP contribution in [0.1, 0.15) is 55.5 Å². The van der Waals surface area contributed by atoms with Crippen LogP contribution >= 0.6 is 0 Å². The Morgan fingerprint density at radius 1 is 1.19 bits per heavy atom. The number of hydrogen-bond acceptors (Lipinski definition) is 5. The van der Waals surface area contributed by atoms with Gasteiger partial charge in [0.1, 0.15) is 5.75 Å². The summed E-state index contributed by atoms with van der Waals surface area (Å²) in [6, 6.07) is 4.02. The van der Waals surface area contributed by atoms with Crippen LogP contribution in [-0.4, -0.2) is 15.2 Å². The van der Waals surface area contributed by atoms with E-state index in [0.29, 0.717) is 18.4 Å². The zero-order valence-electron chi connectivity index (χ0n) is 11.8. The minimum atomic E-state index is 0.226. The van der Waals surface area contributed by atoms with Crippen molar-refractivity contribution in [2.75, 3.05) is 0 Å². The van der Waals surface area contributed by atoms with Crippen LogP contribution in [0.25, 0.3) is 0 Å². The Kier molecular flexibility index (Phi) is 2.26. The summed E-state index contributed by atoms with van der Waals surface area (Å²) in [4.78, 5) is 4.43. The maximum atomic E-state index is 5.75. The highest BCUT2D eigenvalue weighted by molar-refractivity contribution is 5.24. The molecule has 6 rings (SSSR count). The van der Waals surface area contributed by atoms with E-state index in [4.69, 9.17) is 9.15 Å². The lowest BCUT2D eigenvalue weighted by atomic mass is 9.44. The molecular formula is C16H17N3O2. The van der Waals surface area contributed by atoms with Crippen molar-refractivity contribution >= 4 is 0 Å². The second kappa shape index (κ2) is 4.06. The lowest BCUT2D eigenvalue weighted by Gasteiger charge is -2.59. The van der Waals surface area contributed by atoms with Crippen LogP contribution in [0, 0.1) is 5.92 Å². The van der Waals surface area contributed by atoms with E-state index in [1.165, 1.54) is 37.8 Å². The van der Waals surface area contributed by atoms with Gasteiger partial charge in [0.15, 0.2) is 6.61 Å². The van der Waals surface area contributed by atoms with E-state index in [0.717, 1.165) is 17.6 Å². The second-order valence-electron chi connectivity index (χ2n) is 6.74. The Morgan fingerprint density at radius 2 is 2.05 bits per heavy atom. The molecule has 0 atom stereocenters. The average Bonchev–Trinajstić information content (AvgIpc) is 3.15. The number of pyridine rings is 1. The number of aromatic nitrogens is 3. The number of nitrogens with zero attached hydrogens (tertiary/aromatic N) is 3. The number of hydrogen-bond donors (Lipinski definition) is 0. The molecule has 4 fully saturated rings. The molecule has 2 aromatic rings. The summed E-state index contributed by atoms with van der Waals surface area (Å²) in [5.41, 5.74) is 1.40. The van der Waals surface area contributed by atoms with Gasteiger partial charge in [-0.2, -0.15) is 0 Å². The van der Waals surface area contributed by atoms with Crippen molar-refractivity contribution in [3.63, 3.8) is 0 Å². The minimum Gasteiger partial charge on any atom is -0.482 e. The van der Waals surface area contributed by atoms with E-state index in [1.807, 2.05) is 12.1 Å². The summed E-state index contributed by atoms with van der Waals surface area (Å²) >= 11 is 0. The zero-order chi connectivity index (χ0) is 13.9. The molecule has 0 amide bonds. The van der Waals surface area contributed by atoms with Crippen molar-refractivity contribution in [2.45, 2.75) is 50.0 Å². The second-order valence-corrected chi connectivity index (χ2v) is 6.74. The molecule has 2 aromatic heterocycles. The Balaban J connectivity index is 1.23. The van der Waals surface area contributed by atoms with Crippen molar-refractivity contribution in [1.82, 2.24) is 15.2 Å². The van der Waals surface area contributed by atoms with Crippen LogP contribution in [0.15, 0.2) is 22.7 Å². The molecule has 0 aliphatic heterocycles. The van der Waals surface area contributed by atoms with Gasteiger partial charge in [-0.15, -0.1) is 10.2 Å². The third kappa shape index (κ3) is 1.87. The quantitative estimate of drug-likeness (QED) is 0.844. The molecule has 4 saturated carbocycles. The van der Waals surface area contributed by atoms with Crippen molar-refractivity contribution in [3.8, 4) is 5.75 Å². The lowest BCUT2D eigenvalue weighted by molar-refractivity contribution is -0.0490. The zero-order valence-corrected chi connectivity index (χ0v) is 11.8. The molecule has 2 bridgehead atoms. The first kappa shape index (κ1) is 11.7. The van der Waals surface area contributed by atoms with Crippen molar-refractivity contribution in [3.05, 3.63) is 35.8 Å². The fraction of sp³-hybridized carbons (Fsp3) is 0.562. The molecule has 0 radical (unpaired) electrons.